The maximum absolute atomic E-state index is 5.56. The minimum atomic E-state index is 0.901. The molecule has 0 bridgehead atoms. The van der Waals surface area contributed by atoms with Crippen LogP contribution >= 0.6 is 11.8 Å². The van der Waals surface area contributed by atoms with Crippen LogP contribution in [0.1, 0.15) is 32.1 Å². The average Bonchev–Trinajstić information content (AvgIpc) is 2.12. The van der Waals surface area contributed by atoms with Gasteiger partial charge >= 0.3 is 0 Å². The first-order chi connectivity index (χ1) is 6.40. The Morgan fingerprint density at radius 1 is 1.08 bits per heavy atom. The van der Waals surface area contributed by atoms with Gasteiger partial charge in [0.15, 0.2) is 0 Å². The molecule has 2 N–H and O–H groups in total. The lowest BCUT2D eigenvalue weighted by Crippen LogP contribution is -2.33. The van der Waals surface area contributed by atoms with Gasteiger partial charge in [-0.05, 0) is 67.9 Å². The summed E-state index contributed by atoms with van der Waals surface area (Å²) in [6, 6.07) is 0. The van der Waals surface area contributed by atoms with Crippen molar-refractivity contribution in [1.82, 2.24) is 0 Å². The van der Waals surface area contributed by atoms with Crippen LogP contribution in [0.25, 0.3) is 0 Å². The third kappa shape index (κ3) is 2.41. The highest BCUT2D eigenvalue weighted by Crippen LogP contribution is 2.44. The van der Waals surface area contributed by atoms with Gasteiger partial charge in [-0.25, -0.2) is 0 Å². The molecule has 1 nitrogen and oxygen atoms in total. The van der Waals surface area contributed by atoms with Gasteiger partial charge in [0.1, 0.15) is 0 Å². The SMILES string of the molecule is NCCC1CC(C2CCSCC2)C1. The Labute approximate surface area is 85.8 Å². The topological polar surface area (TPSA) is 26.0 Å². The number of hydrogen-bond acceptors (Lipinski definition) is 2. The summed E-state index contributed by atoms with van der Waals surface area (Å²) in [7, 11) is 0. The van der Waals surface area contributed by atoms with Crippen LogP contribution in [0, 0.1) is 17.8 Å². The maximum atomic E-state index is 5.56. The molecule has 1 heterocycles. The Morgan fingerprint density at radius 3 is 2.38 bits per heavy atom. The molecule has 1 saturated carbocycles. The van der Waals surface area contributed by atoms with Gasteiger partial charge in [0.05, 0.1) is 0 Å². The Kier molecular flexibility index (Phi) is 3.56. The van der Waals surface area contributed by atoms with Crippen LogP contribution in [-0.4, -0.2) is 18.1 Å². The second-order valence-corrected chi connectivity index (χ2v) is 5.85. The molecule has 76 valence electrons. The van der Waals surface area contributed by atoms with Gasteiger partial charge in [0.2, 0.25) is 0 Å². The molecule has 1 aliphatic heterocycles. The lowest BCUT2D eigenvalue weighted by atomic mass is 9.66. The number of thioether (sulfide) groups is 1. The van der Waals surface area contributed by atoms with Gasteiger partial charge in [-0.1, -0.05) is 0 Å². The van der Waals surface area contributed by atoms with E-state index >= 15 is 0 Å². The fourth-order valence-corrected chi connectivity index (χ4v) is 3.97. The standard InChI is InChI=1S/C11H21NS/c12-4-1-9-7-11(8-9)10-2-5-13-6-3-10/h9-11H,1-8,12H2. The molecule has 0 amide bonds. The van der Waals surface area contributed by atoms with E-state index in [1.807, 2.05) is 0 Å². The predicted molar refractivity (Wildman–Crippen MR) is 59.9 cm³/mol. The van der Waals surface area contributed by atoms with E-state index in [4.69, 9.17) is 5.73 Å². The molecule has 2 heteroatoms. The highest BCUT2D eigenvalue weighted by Gasteiger charge is 2.34. The lowest BCUT2D eigenvalue weighted by Gasteiger charge is -2.42. The van der Waals surface area contributed by atoms with Crippen LogP contribution < -0.4 is 5.73 Å². The van der Waals surface area contributed by atoms with E-state index in [0.29, 0.717) is 0 Å². The Balaban J connectivity index is 1.66. The summed E-state index contributed by atoms with van der Waals surface area (Å²) < 4.78 is 0. The fourth-order valence-electron chi connectivity index (χ4n) is 2.83. The molecular weight excluding hydrogens is 178 g/mol. The van der Waals surface area contributed by atoms with Crippen LogP contribution in [0.4, 0.5) is 0 Å². The zero-order valence-corrected chi connectivity index (χ0v) is 9.19. The predicted octanol–water partition coefficient (Wildman–Crippen LogP) is 2.50. The molecule has 0 aromatic heterocycles. The molecule has 0 spiro atoms. The van der Waals surface area contributed by atoms with Crippen LogP contribution in [0.15, 0.2) is 0 Å². The Morgan fingerprint density at radius 2 is 1.77 bits per heavy atom. The molecule has 0 radical (unpaired) electrons. The van der Waals surface area contributed by atoms with Gasteiger partial charge in [-0.15, -0.1) is 0 Å². The number of nitrogens with two attached hydrogens (primary N) is 1. The van der Waals surface area contributed by atoms with Crippen LogP contribution in [0.2, 0.25) is 0 Å². The molecule has 0 aromatic carbocycles. The third-order valence-corrected chi connectivity index (χ3v) is 4.83. The Bertz CT molecular complexity index is 148. The van der Waals surface area contributed by atoms with Crippen molar-refractivity contribution in [3.8, 4) is 0 Å². The highest BCUT2D eigenvalue weighted by molar-refractivity contribution is 7.99. The van der Waals surface area contributed by atoms with E-state index < -0.39 is 0 Å². The third-order valence-electron chi connectivity index (χ3n) is 3.78. The first kappa shape index (κ1) is 9.85. The first-order valence-electron chi connectivity index (χ1n) is 5.68. The van der Waals surface area contributed by atoms with Gasteiger partial charge in [0, 0.05) is 0 Å². The fraction of sp³-hybridized carbons (Fsp3) is 1.00. The van der Waals surface area contributed by atoms with Gasteiger partial charge in [0.25, 0.3) is 0 Å². The van der Waals surface area contributed by atoms with E-state index in [1.165, 1.54) is 43.6 Å². The zero-order valence-electron chi connectivity index (χ0n) is 8.37. The molecule has 0 aromatic rings. The van der Waals surface area contributed by atoms with Crippen molar-refractivity contribution in [3.63, 3.8) is 0 Å². The molecule has 0 atom stereocenters. The minimum absolute atomic E-state index is 0.901. The summed E-state index contributed by atoms with van der Waals surface area (Å²) in [4.78, 5) is 0. The molecule has 1 saturated heterocycles. The molecule has 0 unspecified atom stereocenters. The van der Waals surface area contributed by atoms with Crippen LogP contribution in [0.3, 0.4) is 0 Å². The van der Waals surface area contributed by atoms with Crippen molar-refractivity contribution < 1.29 is 0 Å². The monoisotopic (exact) mass is 199 g/mol. The van der Waals surface area contributed by atoms with Gasteiger partial charge < -0.3 is 5.73 Å². The smallest absolute Gasteiger partial charge is 0.00648 e. The summed E-state index contributed by atoms with van der Waals surface area (Å²) in [5.74, 6) is 5.99. The Hall–Kier alpha value is 0.310. The van der Waals surface area contributed by atoms with Crippen LogP contribution in [0.5, 0.6) is 0 Å². The van der Waals surface area contributed by atoms with Gasteiger partial charge in [-0.2, -0.15) is 11.8 Å². The van der Waals surface area contributed by atoms with Crippen molar-refractivity contribution in [2.24, 2.45) is 23.5 Å². The molecule has 13 heavy (non-hydrogen) atoms. The first-order valence-corrected chi connectivity index (χ1v) is 6.83. The largest absolute Gasteiger partial charge is 0.330 e. The van der Waals surface area contributed by atoms with Crippen molar-refractivity contribution in [2.45, 2.75) is 32.1 Å². The van der Waals surface area contributed by atoms with E-state index in [0.717, 1.165) is 24.3 Å². The molecule has 2 aliphatic rings. The minimum Gasteiger partial charge on any atom is -0.330 e. The van der Waals surface area contributed by atoms with E-state index in [-0.39, 0.29) is 0 Å². The zero-order chi connectivity index (χ0) is 9.10. The van der Waals surface area contributed by atoms with Crippen LogP contribution in [-0.2, 0) is 0 Å². The molecular formula is C11H21NS. The van der Waals surface area contributed by atoms with E-state index in [2.05, 4.69) is 11.8 Å². The summed E-state index contributed by atoms with van der Waals surface area (Å²) >= 11 is 2.14. The maximum Gasteiger partial charge on any atom is -0.00648 e. The molecule has 2 fully saturated rings. The normalized spacial score (nSPS) is 35.8. The van der Waals surface area contributed by atoms with E-state index in [9.17, 15) is 0 Å². The summed E-state index contributed by atoms with van der Waals surface area (Å²) in [5.41, 5.74) is 5.56. The molecule has 2 rings (SSSR count). The number of hydrogen-bond donors (Lipinski definition) is 1. The molecule has 1 aliphatic carbocycles. The lowest BCUT2D eigenvalue weighted by molar-refractivity contribution is 0.112. The second-order valence-electron chi connectivity index (χ2n) is 4.62. The average molecular weight is 199 g/mol. The summed E-state index contributed by atoms with van der Waals surface area (Å²) in [6.45, 7) is 0.901. The van der Waals surface area contributed by atoms with Crippen molar-refractivity contribution >= 4 is 11.8 Å². The summed E-state index contributed by atoms with van der Waals surface area (Å²) in [6.07, 6.45) is 7.24. The highest BCUT2D eigenvalue weighted by atomic mass is 32.2. The number of rotatable bonds is 3. The summed E-state index contributed by atoms with van der Waals surface area (Å²) in [5, 5.41) is 0. The van der Waals surface area contributed by atoms with Gasteiger partial charge in [-0.3, -0.25) is 0 Å². The van der Waals surface area contributed by atoms with Crippen molar-refractivity contribution in [3.05, 3.63) is 0 Å². The van der Waals surface area contributed by atoms with E-state index in [1.54, 1.807) is 0 Å². The van der Waals surface area contributed by atoms with Crippen molar-refractivity contribution in [2.75, 3.05) is 18.1 Å². The second kappa shape index (κ2) is 4.70. The quantitative estimate of drug-likeness (QED) is 0.756. The van der Waals surface area contributed by atoms with Crippen molar-refractivity contribution in [1.29, 1.82) is 0 Å².